The molecular weight excluding hydrogens is 332 g/mol. The van der Waals surface area contributed by atoms with Crippen LogP contribution in [0.4, 0.5) is 8.78 Å². The van der Waals surface area contributed by atoms with Crippen molar-refractivity contribution >= 4 is 16.7 Å². The maximum absolute atomic E-state index is 13.4. The van der Waals surface area contributed by atoms with Crippen LogP contribution in [0.1, 0.15) is 34.5 Å². The normalized spacial score (nSPS) is 13.4. The van der Waals surface area contributed by atoms with E-state index >= 15 is 0 Å². The third-order valence-corrected chi connectivity index (χ3v) is 4.61. The summed E-state index contributed by atoms with van der Waals surface area (Å²) in [7, 11) is 0.616. The summed E-state index contributed by atoms with van der Waals surface area (Å²) in [6.45, 7) is 1.75. The first kappa shape index (κ1) is 18.3. The van der Waals surface area contributed by atoms with Gasteiger partial charge in [-0.15, -0.1) is 0 Å². The molecule has 1 amide bonds. The van der Waals surface area contributed by atoms with Gasteiger partial charge in [0.15, 0.2) is 11.6 Å². The van der Waals surface area contributed by atoms with Crippen LogP contribution in [0.15, 0.2) is 42.5 Å². The van der Waals surface area contributed by atoms with Crippen molar-refractivity contribution in [1.29, 1.82) is 0 Å². The van der Waals surface area contributed by atoms with Crippen molar-refractivity contribution < 1.29 is 17.8 Å². The first-order valence-corrected chi connectivity index (χ1v) is 9.13. The van der Waals surface area contributed by atoms with Crippen LogP contribution in [0.25, 0.3) is 0 Å². The third kappa shape index (κ3) is 4.26. The molecule has 0 bridgehead atoms. The summed E-state index contributed by atoms with van der Waals surface area (Å²) >= 11 is 0. The van der Waals surface area contributed by atoms with Gasteiger partial charge in [-0.3, -0.25) is 9.00 Å². The van der Waals surface area contributed by atoms with E-state index in [1.54, 1.807) is 38.4 Å². The number of amides is 1. The molecule has 0 aliphatic carbocycles. The predicted molar refractivity (Wildman–Crippen MR) is 91.1 cm³/mol. The van der Waals surface area contributed by atoms with Gasteiger partial charge in [0.25, 0.3) is 5.91 Å². The fourth-order valence-corrected chi connectivity index (χ4v) is 3.05. The molecule has 0 saturated carbocycles. The molecule has 0 radical (unpaired) electrons. The highest BCUT2D eigenvalue weighted by Crippen LogP contribution is 2.23. The molecule has 0 heterocycles. The number of carbonyl (C=O) groups excluding carboxylic acids is 1. The van der Waals surface area contributed by atoms with Gasteiger partial charge in [0.05, 0.1) is 6.04 Å². The van der Waals surface area contributed by atoms with E-state index in [1.807, 2.05) is 6.07 Å². The summed E-state index contributed by atoms with van der Waals surface area (Å²) in [4.78, 5) is 14.1. The Morgan fingerprint density at radius 3 is 2.50 bits per heavy atom. The Labute approximate surface area is 142 Å². The van der Waals surface area contributed by atoms with Crippen LogP contribution in [-0.4, -0.2) is 28.3 Å². The van der Waals surface area contributed by atoms with Gasteiger partial charge in [-0.05, 0) is 42.3 Å². The zero-order chi connectivity index (χ0) is 17.9. The number of rotatable bonds is 5. The van der Waals surface area contributed by atoms with E-state index in [2.05, 4.69) is 0 Å². The second-order valence-electron chi connectivity index (χ2n) is 5.68. The van der Waals surface area contributed by atoms with Crippen molar-refractivity contribution in [3.8, 4) is 0 Å². The molecule has 0 N–H and O–H groups in total. The molecule has 2 unspecified atom stereocenters. The Morgan fingerprint density at radius 1 is 1.17 bits per heavy atom. The predicted octanol–water partition coefficient (Wildman–Crippen LogP) is 3.68. The Kier molecular flexibility index (Phi) is 5.83. The van der Waals surface area contributed by atoms with Crippen LogP contribution in [0.5, 0.6) is 0 Å². The number of hydrogen-bond acceptors (Lipinski definition) is 2. The summed E-state index contributed by atoms with van der Waals surface area (Å²) in [5.41, 5.74) is 1.79. The molecule has 3 nitrogen and oxygen atoms in total. The quantitative estimate of drug-likeness (QED) is 0.824. The maximum atomic E-state index is 13.4. The molecule has 2 aromatic carbocycles. The van der Waals surface area contributed by atoms with Gasteiger partial charge in [0.1, 0.15) is 0 Å². The number of nitrogens with zero attached hydrogens (tertiary/aromatic N) is 1. The molecule has 0 aliphatic rings. The average Bonchev–Trinajstić information content (AvgIpc) is 2.55. The molecule has 0 fully saturated rings. The Bertz CT molecular complexity index is 779. The lowest BCUT2D eigenvalue weighted by molar-refractivity contribution is 0.0742. The first-order chi connectivity index (χ1) is 11.3. The number of benzene rings is 2. The first-order valence-electron chi connectivity index (χ1n) is 7.40. The maximum Gasteiger partial charge on any atom is 0.254 e. The largest absolute Gasteiger partial charge is 0.335 e. The minimum absolute atomic E-state index is 0.240. The SMILES string of the molecule is CC(c1ccc(F)c(F)c1)N(C)C(=O)c1cccc(CS(C)=O)c1. The highest BCUT2D eigenvalue weighted by Gasteiger charge is 2.20. The van der Waals surface area contributed by atoms with Crippen molar-refractivity contribution in [2.24, 2.45) is 0 Å². The standard InChI is InChI=1S/C18H19F2NO2S/c1-12(14-7-8-16(19)17(20)10-14)21(2)18(22)15-6-4-5-13(9-15)11-24(3)23/h4-10,12H,11H2,1-3H3. The van der Waals surface area contributed by atoms with Crippen LogP contribution in [-0.2, 0) is 16.6 Å². The second kappa shape index (κ2) is 7.66. The van der Waals surface area contributed by atoms with Crippen LogP contribution in [0.2, 0.25) is 0 Å². The molecule has 2 atom stereocenters. The Hall–Kier alpha value is -2.08. The highest BCUT2D eigenvalue weighted by molar-refractivity contribution is 7.83. The fourth-order valence-electron chi connectivity index (χ4n) is 2.40. The summed E-state index contributed by atoms with van der Waals surface area (Å²) in [6.07, 6.45) is 1.60. The van der Waals surface area contributed by atoms with Gasteiger partial charge < -0.3 is 4.90 Å². The molecule has 6 heteroatoms. The lowest BCUT2D eigenvalue weighted by Crippen LogP contribution is -2.29. The summed E-state index contributed by atoms with van der Waals surface area (Å²) < 4.78 is 37.8. The van der Waals surface area contributed by atoms with E-state index in [0.717, 1.165) is 17.7 Å². The summed E-state index contributed by atoms with van der Waals surface area (Å²) in [5, 5.41) is 0. The van der Waals surface area contributed by atoms with Crippen LogP contribution in [0, 0.1) is 11.6 Å². The van der Waals surface area contributed by atoms with Crippen molar-refractivity contribution in [2.45, 2.75) is 18.7 Å². The smallest absolute Gasteiger partial charge is 0.254 e. The van der Waals surface area contributed by atoms with Gasteiger partial charge in [-0.25, -0.2) is 8.78 Å². The van der Waals surface area contributed by atoms with E-state index in [0.29, 0.717) is 16.9 Å². The van der Waals surface area contributed by atoms with Crippen molar-refractivity contribution in [2.75, 3.05) is 13.3 Å². The molecule has 128 valence electrons. The monoisotopic (exact) mass is 351 g/mol. The van der Waals surface area contributed by atoms with Gasteiger partial charge in [-0.2, -0.15) is 0 Å². The molecule has 0 saturated heterocycles. The summed E-state index contributed by atoms with van der Waals surface area (Å²) in [5.74, 6) is -1.72. The van der Waals surface area contributed by atoms with Crippen molar-refractivity contribution in [3.63, 3.8) is 0 Å². The minimum atomic E-state index is -0.994. The van der Waals surface area contributed by atoms with Crippen molar-refractivity contribution in [1.82, 2.24) is 4.90 Å². The van der Waals surface area contributed by atoms with Gasteiger partial charge >= 0.3 is 0 Å². The third-order valence-electron chi connectivity index (χ3n) is 3.87. The van der Waals surface area contributed by atoms with E-state index in [-0.39, 0.29) is 5.91 Å². The average molecular weight is 351 g/mol. The number of halogens is 2. The lowest BCUT2D eigenvalue weighted by Gasteiger charge is -2.25. The van der Waals surface area contributed by atoms with Crippen LogP contribution >= 0.6 is 0 Å². The molecule has 24 heavy (non-hydrogen) atoms. The van der Waals surface area contributed by atoms with Gasteiger partial charge in [0, 0.05) is 35.4 Å². The molecular formula is C18H19F2NO2S. The number of carbonyl (C=O) groups is 1. The Morgan fingerprint density at radius 2 is 1.88 bits per heavy atom. The second-order valence-corrected chi connectivity index (χ2v) is 7.12. The zero-order valence-electron chi connectivity index (χ0n) is 13.8. The van der Waals surface area contributed by atoms with Gasteiger partial charge in [-0.1, -0.05) is 18.2 Å². The van der Waals surface area contributed by atoms with Gasteiger partial charge in [0.2, 0.25) is 0 Å². The summed E-state index contributed by atoms with van der Waals surface area (Å²) in [6, 6.07) is 10.1. The topological polar surface area (TPSA) is 37.4 Å². The fraction of sp³-hybridized carbons (Fsp3) is 0.278. The minimum Gasteiger partial charge on any atom is -0.335 e. The van der Waals surface area contributed by atoms with E-state index in [1.165, 1.54) is 11.0 Å². The highest BCUT2D eigenvalue weighted by atomic mass is 32.2. The molecule has 2 aromatic rings. The van der Waals surface area contributed by atoms with E-state index in [9.17, 15) is 17.8 Å². The zero-order valence-corrected chi connectivity index (χ0v) is 14.6. The van der Waals surface area contributed by atoms with Crippen molar-refractivity contribution in [3.05, 3.63) is 70.8 Å². The van der Waals surface area contributed by atoms with Crippen LogP contribution < -0.4 is 0 Å². The Balaban J connectivity index is 2.22. The molecule has 0 aliphatic heterocycles. The molecule has 0 aromatic heterocycles. The number of hydrogen-bond donors (Lipinski definition) is 0. The van der Waals surface area contributed by atoms with E-state index < -0.39 is 28.5 Å². The van der Waals surface area contributed by atoms with E-state index in [4.69, 9.17) is 0 Å². The molecule has 2 rings (SSSR count). The van der Waals surface area contributed by atoms with Crippen LogP contribution in [0.3, 0.4) is 0 Å². The molecule has 0 spiro atoms. The lowest BCUT2D eigenvalue weighted by atomic mass is 10.1.